The summed E-state index contributed by atoms with van der Waals surface area (Å²) in [6, 6.07) is 5.34. The molecule has 4 saturated carbocycles. The highest BCUT2D eigenvalue weighted by atomic mass is 16.5. The highest BCUT2D eigenvalue weighted by Crippen LogP contribution is 2.62. The number of amides is 2. The minimum atomic E-state index is -0.884. The van der Waals surface area contributed by atoms with Crippen LogP contribution in [0.4, 0.5) is 5.69 Å². The summed E-state index contributed by atoms with van der Waals surface area (Å²) >= 11 is 0. The molecule has 1 heterocycles. The maximum atomic E-state index is 13.4. The molecule has 4 bridgehead atoms. The number of ether oxygens (including phenoxy) is 1. The van der Waals surface area contributed by atoms with Crippen molar-refractivity contribution in [2.75, 3.05) is 11.4 Å². The molecule has 4 aliphatic carbocycles. The Hall–Kier alpha value is -2.70. The lowest BCUT2D eigenvalue weighted by atomic mass is 9.47. The number of hydrogen-bond donors (Lipinski definition) is 1. The van der Waals surface area contributed by atoms with Gasteiger partial charge in [0.25, 0.3) is 0 Å². The van der Waals surface area contributed by atoms with E-state index in [4.69, 9.17) is 4.74 Å². The standard InChI is InChI=1S/C26H32N2O5/c1-15(23(31)21-4-5-22-20(9-21)6-7-28(22)17(3)30)33-24(32)25-10-18-8-19(11-25)13-26(12-18,14-25)27-16(2)29/h4-5,9,15,18-19H,6-8,10-14H2,1-3H3,(H,27,29)/t15-,18-,19+,25?,26?/m1/s1. The summed E-state index contributed by atoms with van der Waals surface area (Å²) in [6.07, 6.45) is 4.96. The number of rotatable bonds is 5. The van der Waals surface area contributed by atoms with Crippen molar-refractivity contribution < 1.29 is 23.9 Å². The fraction of sp³-hybridized carbons (Fsp3) is 0.615. The van der Waals surface area contributed by atoms with Gasteiger partial charge in [-0.15, -0.1) is 0 Å². The number of ketones is 1. The molecule has 1 aromatic rings. The second-order valence-corrected chi connectivity index (χ2v) is 10.9. The molecule has 5 aliphatic rings. The zero-order valence-corrected chi connectivity index (χ0v) is 19.6. The van der Waals surface area contributed by atoms with E-state index in [0.29, 0.717) is 36.8 Å². The van der Waals surface area contributed by atoms with Crippen molar-refractivity contribution in [3.63, 3.8) is 0 Å². The topological polar surface area (TPSA) is 92.8 Å². The Morgan fingerprint density at radius 2 is 1.79 bits per heavy atom. The summed E-state index contributed by atoms with van der Waals surface area (Å²) < 4.78 is 5.81. The Labute approximate surface area is 194 Å². The largest absolute Gasteiger partial charge is 0.454 e. The third kappa shape index (κ3) is 3.75. The Morgan fingerprint density at radius 3 is 2.42 bits per heavy atom. The minimum Gasteiger partial charge on any atom is -0.454 e. The molecule has 33 heavy (non-hydrogen) atoms. The van der Waals surface area contributed by atoms with Gasteiger partial charge in [0.2, 0.25) is 17.6 Å². The van der Waals surface area contributed by atoms with Crippen LogP contribution in [-0.4, -0.2) is 41.8 Å². The van der Waals surface area contributed by atoms with Crippen LogP contribution in [-0.2, 0) is 25.5 Å². The van der Waals surface area contributed by atoms with E-state index >= 15 is 0 Å². The molecule has 1 aliphatic heterocycles. The van der Waals surface area contributed by atoms with E-state index < -0.39 is 11.5 Å². The lowest BCUT2D eigenvalue weighted by Crippen LogP contribution is -2.64. The van der Waals surface area contributed by atoms with Crippen molar-refractivity contribution in [3.8, 4) is 0 Å². The summed E-state index contributed by atoms with van der Waals surface area (Å²) in [7, 11) is 0. The van der Waals surface area contributed by atoms with Gasteiger partial charge >= 0.3 is 5.97 Å². The van der Waals surface area contributed by atoms with Crippen LogP contribution < -0.4 is 10.2 Å². The van der Waals surface area contributed by atoms with E-state index in [2.05, 4.69) is 5.32 Å². The number of carbonyl (C=O) groups excluding carboxylic acids is 4. The molecule has 6 rings (SSSR count). The molecule has 0 spiro atoms. The number of nitrogens with one attached hydrogen (secondary N) is 1. The van der Waals surface area contributed by atoms with Gasteiger partial charge in [0, 0.05) is 37.2 Å². The summed E-state index contributed by atoms with van der Waals surface area (Å²) in [6.45, 7) is 5.33. The van der Waals surface area contributed by atoms with E-state index in [9.17, 15) is 19.2 Å². The van der Waals surface area contributed by atoms with Crippen molar-refractivity contribution in [2.24, 2.45) is 17.3 Å². The highest BCUT2D eigenvalue weighted by Gasteiger charge is 2.61. The van der Waals surface area contributed by atoms with Crippen LogP contribution in [0.5, 0.6) is 0 Å². The van der Waals surface area contributed by atoms with E-state index in [0.717, 1.165) is 43.4 Å². The third-order valence-corrected chi connectivity index (χ3v) is 8.23. The average Bonchev–Trinajstić information content (AvgIpc) is 3.14. The van der Waals surface area contributed by atoms with Gasteiger partial charge < -0.3 is 15.0 Å². The predicted octanol–water partition coefficient (Wildman–Crippen LogP) is 3.19. The molecule has 1 aromatic carbocycles. The molecule has 1 N–H and O–H groups in total. The number of benzene rings is 1. The first kappa shape index (κ1) is 22.1. The summed E-state index contributed by atoms with van der Waals surface area (Å²) in [4.78, 5) is 51.9. The number of Topliss-reactive ketones (excluding diaryl/α,β-unsaturated/α-hetero) is 1. The van der Waals surface area contributed by atoms with Crippen LogP contribution in [0.2, 0.25) is 0 Å². The first-order valence-electron chi connectivity index (χ1n) is 12.0. The molecule has 2 unspecified atom stereocenters. The first-order chi connectivity index (χ1) is 15.6. The molecular formula is C26H32N2O5. The second-order valence-electron chi connectivity index (χ2n) is 10.9. The number of nitrogens with zero attached hydrogens (tertiary/aromatic N) is 1. The Balaban J connectivity index is 1.31. The number of esters is 1. The van der Waals surface area contributed by atoms with Crippen molar-refractivity contribution in [2.45, 2.75) is 77.4 Å². The summed E-state index contributed by atoms with van der Waals surface area (Å²) in [5.41, 5.74) is 1.39. The van der Waals surface area contributed by atoms with E-state index in [-0.39, 0.29) is 29.1 Å². The second kappa shape index (κ2) is 7.67. The number of carbonyl (C=O) groups is 4. The zero-order chi connectivity index (χ0) is 23.5. The Morgan fingerprint density at radius 1 is 1.09 bits per heavy atom. The molecule has 4 fully saturated rings. The predicted molar refractivity (Wildman–Crippen MR) is 122 cm³/mol. The lowest BCUT2D eigenvalue weighted by molar-refractivity contribution is -0.178. The molecule has 7 nitrogen and oxygen atoms in total. The smallest absolute Gasteiger partial charge is 0.312 e. The number of anilines is 1. The quantitative estimate of drug-likeness (QED) is 0.547. The van der Waals surface area contributed by atoms with Crippen molar-refractivity contribution in [1.82, 2.24) is 5.32 Å². The van der Waals surface area contributed by atoms with Crippen LogP contribution in [0.15, 0.2) is 18.2 Å². The van der Waals surface area contributed by atoms with E-state index in [1.807, 2.05) is 12.1 Å². The Kier molecular flexibility index (Phi) is 5.14. The number of fused-ring (bicyclic) bond motifs is 1. The molecule has 176 valence electrons. The van der Waals surface area contributed by atoms with Gasteiger partial charge in [0.05, 0.1) is 5.41 Å². The van der Waals surface area contributed by atoms with Gasteiger partial charge in [-0.2, -0.15) is 0 Å². The summed E-state index contributed by atoms with van der Waals surface area (Å²) in [5, 5.41) is 3.16. The van der Waals surface area contributed by atoms with Crippen LogP contribution in [0, 0.1) is 17.3 Å². The molecule has 0 aromatic heterocycles. The molecule has 0 radical (unpaired) electrons. The maximum Gasteiger partial charge on any atom is 0.312 e. The summed E-state index contributed by atoms with van der Waals surface area (Å²) in [5.74, 6) is 0.242. The van der Waals surface area contributed by atoms with Crippen LogP contribution >= 0.6 is 0 Å². The average molecular weight is 453 g/mol. The monoisotopic (exact) mass is 452 g/mol. The molecule has 7 heteroatoms. The van der Waals surface area contributed by atoms with Crippen molar-refractivity contribution in [3.05, 3.63) is 29.3 Å². The zero-order valence-electron chi connectivity index (χ0n) is 19.6. The first-order valence-corrected chi connectivity index (χ1v) is 12.0. The fourth-order valence-corrected chi connectivity index (χ4v) is 7.48. The minimum absolute atomic E-state index is 0.0114. The van der Waals surface area contributed by atoms with Gasteiger partial charge in [-0.3, -0.25) is 19.2 Å². The van der Waals surface area contributed by atoms with Gasteiger partial charge in [0.15, 0.2) is 6.10 Å². The normalized spacial score (nSPS) is 32.3. The molecule has 2 amide bonds. The van der Waals surface area contributed by atoms with Crippen molar-refractivity contribution in [1.29, 1.82) is 0 Å². The van der Waals surface area contributed by atoms with Crippen LogP contribution in [0.3, 0.4) is 0 Å². The molecule has 5 atom stereocenters. The van der Waals surface area contributed by atoms with E-state index in [1.165, 1.54) is 13.8 Å². The highest BCUT2D eigenvalue weighted by molar-refractivity contribution is 6.02. The van der Waals surface area contributed by atoms with E-state index in [1.54, 1.807) is 17.9 Å². The maximum absolute atomic E-state index is 13.4. The van der Waals surface area contributed by atoms with Gasteiger partial charge in [-0.05, 0) is 87.5 Å². The fourth-order valence-electron chi connectivity index (χ4n) is 7.48. The number of hydrogen-bond acceptors (Lipinski definition) is 5. The van der Waals surface area contributed by atoms with Gasteiger partial charge in [-0.25, -0.2) is 0 Å². The molecular weight excluding hydrogens is 420 g/mol. The van der Waals surface area contributed by atoms with Crippen LogP contribution in [0.1, 0.15) is 75.2 Å². The van der Waals surface area contributed by atoms with Crippen molar-refractivity contribution >= 4 is 29.3 Å². The third-order valence-electron chi connectivity index (χ3n) is 8.23. The molecule has 0 saturated heterocycles. The lowest BCUT2D eigenvalue weighted by Gasteiger charge is -2.60. The van der Waals surface area contributed by atoms with Gasteiger partial charge in [-0.1, -0.05) is 0 Å². The SMILES string of the molecule is CC(=O)NC12C[C@H]3C[C@@H](C1)CC(C(=O)O[C@H](C)C(=O)c1ccc4c(c1)CCN4C(C)=O)(C3)C2. The van der Waals surface area contributed by atoms with Gasteiger partial charge in [0.1, 0.15) is 0 Å². The van der Waals surface area contributed by atoms with Crippen LogP contribution in [0.25, 0.3) is 0 Å². The Bertz CT molecular complexity index is 1030.